The van der Waals surface area contributed by atoms with E-state index >= 15 is 0 Å². The van der Waals surface area contributed by atoms with Gasteiger partial charge in [-0.15, -0.1) is 10.2 Å². The third-order valence-corrected chi connectivity index (χ3v) is 2.30. The van der Waals surface area contributed by atoms with E-state index < -0.39 is 12.8 Å². The molecule has 0 aromatic carbocycles. The van der Waals surface area contributed by atoms with Gasteiger partial charge in [-0.2, -0.15) is 13.2 Å². The Kier molecular flexibility index (Phi) is 3.80. The Morgan fingerprint density at radius 3 is 2.60 bits per heavy atom. The van der Waals surface area contributed by atoms with Gasteiger partial charge in [0.15, 0.2) is 5.16 Å². The molecule has 0 fully saturated rings. The molecule has 0 saturated carbocycles. The van der Waals surface area contributed by atoms with Gasteiger partial charge < -0.3 is 10.5 Å². The molecule has 86 valence electrons. The quantitative estimate of drug-likeness (QED) is 0.485. The number of hydrogen-bond donors (Lipinski definition) is 1. The van der Waals surface area contributed by atoms with Crippen molar-refractivity contribution in [1.82, 2.24) is 14.8 Å². The minimum Gasteiger partial charge on any atom is -0.368 e. The van der Waals surface area contributed by atoms with E-state index in [9.17, 15) is 13.2 Å². The van der Waals surface area contributed by atoms with Gasteiger partial charge in [-0.1, -0.05) is 11.8 Å². The van der Waals surface area contributed by atoms with Crippen LogP contribution >= 0.6 is 11.8 Å². The molecule has 0 saturated heterocycles. The maximum atomic E-state index is 11.7. The molecule has 1 rings (SSSR count). The average molecular weight is 242 g/mol. The van der Waals surface area contributed by atoms with Crippen LogP contribution in [0.1, 0.15) is 0 Å². The summed E-state index contributed by atoms with van der Waals surface area (Å²) in [7, 11) is 1.61. The first-order valence-electron chi connectivity index (χ1n) is 3.82. The molecule has 0 bridgehead atoms. The number of halogens is 3. The Labute approximate surface area is 87.8 Å². The molecule has 0 amide bonds. The topological polar surface area (TPSA) is 66.0 Å². The lowest BCUT2D eigenvalue weighted by Gasteiger charge is -2.06. The summed E-state index contributed by atoms with van der Waals surface area (Å²) in [5.41, 5.74) is 5.37. The average Bonchev–Trinajstić information content (AvgIpc) is 2.42. The van der Waals surface area contributed by atoms with Crippen LogP contribution in [0.4, 0.5) is 19.1 Å². The predicted molar refractivity (Wildman–Crippen MR) is 48.1 cm³/mol. The molecule has 5 nitrogen and oxygen atoms in total. The normalized spacial score (nSPS) is 12.0. The predicted octanol–water partition coefficient (Wildman–Crippen LogP) is 1.03. The number of anilines is 1. The highest BCUT2D eigenvalue weighted by molar-refractivity contribution is 7.99. The fraction of sp³-hybridized carbons (Fsp3) is 0.667. The number of hydrogen-bond acceptors (Lipinski definition) is 5. The van der Waals surface area contributed by atoms with Crippen molar-refractivity contribution in [3.63, 3.8) is 0 Å². The maximum absolute atomic E-state index is 11.7. The number of nitrogen functional groups attached to an aromatic ring is 1. The standard InChI is InChI=1S/C6H9F3N4OS/c1-13-4(10)11-12-5(13)15-3-14-2-6(7,8)9/h2-3H2,1H3,(H2,10,11). The van der Waals surface area contributed by atoms with E-state index in [1.165, 1.54) is 4.57 Å². The molecule has 1 aromatic rings. The lowest BCUT2D eigenvalue weighted by Crippen LogP contribution is -2.16. The molecule has 0 spiro atoms. The van der Waals surface area contributed by atoms with Crippen LogP contribution in [0.15, 0.2) is 5.16 Å². The van der Waals surface area contributed by atoms with Crippen LogP contribution in [0, 0.1) is 0 Å². The zero-order valence-electron chi connectivity index (χ0n) is 7.78. The second-order valence-corrected chi connectivity index (χ2v) is 3.52. The Morgan fingerprint density at radius 1 is 1.47 bits per heavy atom. The highest BCUT2D eigenvalue weighted by atomic mass is 32.2. The van der Waals surface area contributed by atoms with Gasteiger partial charge in [0.05, 0.1) is 0 Å². The van der Waals surface area contributed by atoms with Crippen molar-refractivity contribution in [1.29, 1.82) is 0 Å². The summed E-state index contributed by atoms with van der Waals surface area (Å²) >= 11 is 0.996. The first-order valence-corrected chi connectivity index (χ1v) is 4.81. The molecule has 0 radical (unpaired) electrons. The molecular formula is C6H9F3N4OS. The van der Waals surface area contributed by atoms with Crippen LogP contribution in [-0.4, -0.2) is 33.5 Å². The summed E-state index contributed by atoms with van der Waals surface area (Å²) in [6.45, 7) is -1.27. The van der Waals surface area contributed by atoms with Crippen LogP contribution in [-0.2, 0) is 11.8 Å². The zero-order valence-corrected chi connectivity index (χ0v) is 8.60. The van der Waals surface area contributed by atoms with E-state index in [-0.39, 0.29) is 11.9 Å². The van der Waals surface area contributed by atoms with Gasteiger partial charge in [0, 0.05) is 7.05 Å². The van der Waals surface area contributed by atoms with E-state index in [0.717, 1.165) is 11.8 Å². The summed E-state index contributed by atoms with van der Waals surface area (Å²) in [5, 5.41) is 7.59. The zero-order chi connectivity index (χ0) is 11.5. The van der Waals surface area contributed by atoms with Crippen LogP contribution < -0.4 is 5.73 Å². The highest BCUT2D eigenvalue weighted by Crippen LogP contribution is 2.19. The van der Waals surface area contributed by atoms with E-state index in [2.05, 4.69) is 14.9 Å². The van der Waals surface area contributed by atoms with E-state index in [4.69, 9.17) is 5.73 Å². The number of thioether (sulfide) groups is 1. The summed E-state index contributed by atoms with van der Waals surface area (Å²) in [4.78, 5) is 0. The molecule has 0 aliphatic carbocycles. The highest BCUT2D eigenvalue weighted by Gasteiger charge is 2.27. The smallest absolute Gasteiger partial charge is 0.368 e. The minimum atomic E-state index is -4.31. The van der Waals surface area contributed by atoms with Crippen molar-refractivity contribution < 1.29 is 17.9 Å². The molecule has 0 unspecified atom stereocenters. The van der Waals surface area contributed by atoms with Crippen molar-refractivity contribution in [3.05, 3.63) is 0 Å². The number of nitrogens with two attached hydrogens (primary N) is 1. The largest absolute Gasteiger partial charge is 0.411 e. The molecule has 9 heteroatoms. The monoisotopic (exact) mass is 242 g/mol. The molecular weight excluding hydrogens is 233 g/mol. The third kappa shape index (κ3) is 3.96. The molecule has 0 aliphatic rings. The fourth-order valence-electron chi connectivity index (χ4n) is 0.704. The first kappa shape index (κ1) is 12.1. The number of ether oxygens (including phenoxy) is 1. The molecule has 2 N–H and O–H groups in total. The summed E-state index contributed by atoms with van der Waals surface area (Å²) < 4.78 is 40.9. The van der Waals surface area contributed by atoms with Crippen LogP contribution in [0.25, 0.3) is 0 Å². The van der Waals surface area contributed by atoms with Crippen molar-refractivity contribution in [3.8, 4) is 0 Å². The molecule has 0 atom stereocenters. The molecule has 0 aliphatic heterocycles. The third-order valence-electron chi connectivity index (χ3n) is 1.41. The number of nitrogens with zero attached hydrogens (tertiary/aromatic N) is 3. The van der Waals surface area contributed by atoms with Gasteiger partial charge in [-0.05, 0) is 0 Å². The number of alkyl halides is 3. The van der Waals surface area contributed by atoms with Gasteiger partial charge in [0.25, 0.3) is 0 Å². The van der Waals surface area contributed by atoms with Gasteiger partial charge in [-0.3, -0.25) is 4.57 Å². The Hall–Kier alpha value is -0.960. The Balaban J connectivity index is 2.30. The summed E-state index contributed by atoms with van der Waals surface area (Å²) in [6, 6.07) is 0. The first-order chi connectivity index (χ1) is 6.90. The van der Waals surface area contributed by atoms with Crippen molar-refractivity contribution in [2.45, 2.75) is 11.3 Å². The maximum Gasteiger partial charge on any atom is 0.411 e. The van der Waals surface area contributed by atoms with E-state index in [0.29, 0.717) is 5.16 Å². The van der Waals surface area contributed by atoms with Crippen LogP contribution in [0.2, 0.25) is 0 Å². The summed E-state index contributed by atoms with van der Waals surface area (Å²) in [6.07, 6.45) is -4.31. The Bertz CT molecular complexity index is 327. The number of aromatic nitrogens is 3. The molecule has 1 heterocycles. The van der Waals surface area contributed by atoms with Gasteiger partial charge >= 0.3 is 6.18 Å². The Morgan fingerprint density at radius 2 is 2.13 bits per heavy atom. The second kappa shape index (κ2) is 4.71. The van der Waals surface area contributed by atoms with Crippen molar-refractivity contribution >= 4 is 17.7 Å². The SMILES string of the molecule is Cn1c(N)nnc1SCOCC(F)(F)F. The fourth-order valence-corrected chi connectivity index (χ4v) is 1.36. The van der Waals surface area contributed by atoms with Crippen molar-refractivity contribution in [2.24, 2.45) is 7.05 Å². The molecule has 1 aromatic heterocycles. The van der Waals surface area contributed by atoms with Crippen LogP contribution in [0.3, 0.4) is 0 Å². The minimum absolute atomic E-state index is 0.147. The second-order valence-electron chi connectivity index (χ2n) is 2.63. The van der Waals surface area contributed by atoms with Gasteiger partial charge in [0.2, 0.25) is 5.95 Å². The molecule has 15 heavy (non-hydrogen) atoms. The van der Waals surface area contributed by atoms with Gasteiger partial charge in [0.1, 0.15) is 12.5 Å². The lowest BCUT2D eigenvalue weighted by molar-refractivity contribution is -0.168. The van der Waals surface area contributed by atoms with E-state index in [1.54, 1.807) is 7.05 Å². The number of rotatable bonds is 4. The van der Waals surface area contributed by atoms with Gasteiger partial charge in [-0.25, -0.2) is 0 Å². The lowest BCUT2D eigenvalue weighted by atomic mass is 10.7. The van der Waals surface area contributed by atoms with Crippen LogP contribution in [0.5, 0.6) is 0 Å². The van der Waals surface area contributed by atoms with E-state index in [1.807, 2.05) is 0 Å². The van der Waals surface area contributed by atoms with Crippen molar-refractivity contribution in [2.75, 3.05) is 18.3 Å². The summed E-state index contributed by atoms with van der Waals surface area (Å²) in [5.74, 6) is 0.0548.